The van der Waals surface area contributed by atoms with E-state index in [-0.39, 0.29) is 17.6 Å². The number of aromatic carboxylic acids is 1. The number of nitrogens with zero attached hydrogens (tertiary/aromatic N) is 4. The van der Waals surface area contributed by atoms with Crippen molar-refractivity contribution in [2.45, 2.75) is 45.2 Å². The molecule has 0 atom stereocenters. The van der Waals surface area contributed by atoms with Gasteiger partial charge < -0.3 is 19.0 Å². The number of aromatic nitrogens is 2. The van der Waals surface area contributed by atoms with Gasteiger partial charge in [0.15, 0.2) is 0 Å². The predicted molar refractivity (Wildman–Crippen MR) is 141 cm³/mol. The molecule has 5 rings (SSSR count). The Balaban J connectivity index is 1.41. The summed E-state index contributed by atoms with van der Waals surface area (Å²) >= 11 is 0. The van der Waals surface area contributed by atoms with Crippen LogP contribution in [0.1, 0.15) is 59.5 Å². The van der Waals surface area contributed by atoms with E-state index in [1.165, 1.54) is 6.07 Å². The zero-order chi connectivity index (χ0) is 26.5. The first-order chi connectivity index (χ1) is 18.5. The molecule has 8 nitrogen and oxygen atoms in total. The Morgan fingerprint density at radius 1 is 1.03 bits per heavy atom. The lowest BCUT2D eigenvalue weighted by atomic mass is 9.88. The number of hydrogen-bond donors (Lipinski definition) is 1. The van der Waals surface area contributed by atoms with Gasteiger partial charge in [0.2, 0.25) is 11.7 Å². The van der Waals surface area contributed by atoms with Gasteiger partial charge in [0.05, 0.1) is 30.2 Å². The van der Waals surface area contributed by atoms with Crippen LogP contribution in [-0.4, -0.2) is 26.5 Å². The second-order valence-electron chi connectivity index (χ2n) is 9.60. The van der Waals surface area contributed by atoms with Crippen molar-refractivity contribution in [3.8, 4) is 17.4 Å². The highest BCUT2D eigenvalue weighted by atomic mass is 16.4. The molecular formula is C30H28N4O4. The van der Waals surface area contributed by atoms with Crippen molar-refractivity contribution in [1.29, 1.82) is 5.26 Å². The Morgan fingerprint density at radius 2 is 1.76 bits per heavy atom. The van der Waals surface area contributed by atoms with Crippen LogP contribution in [0.2, 0.25) is 0 Å². The van der Waals surface area contributed by atoms with Gasteiger partial charge in [-0.15, -0.1) is 0 Å². The van der Waals surface area contributed by atoms with E-state index in [4.69, 9.17) is 14.8 Å². The third kappa shape index (κ3) is 5.52. The smallest absolute Gasteiger partial charge is 0.371 e. The van der Waals surface area contributed by atoms with Gasteiger partial charge in [-0.3, -0.25) is 4.79 Å². The summed E-state index contributed by atoms with van der Waals surface area (Å²) in [4.78, 5) is 31.1. The van der Waals surface area contributed by atoms with Gasteiger partial charge in [0.25, 0.3) is 0 Å². The highest BCUT2D eigenvalue weighted by molar-refractivity contribution is 5.95. The van der Waals surface area contributed by atoms with Crippen LogP contribution >= 0.6 is 0 Å². The molecular weight excluding hydrogens is 480 g/mol. The molecule has 0 spiro atoms. The van der Waals surface area contributed by atoms with Crippen molar-refractivity contribution >= 4 is 17.6 Å². The number of nitriles is 1. The summed E-state index contributed by atoms with van der Waals surface area (Å²) < 4.78 is 7.46. The summed E-state index contributed by atoms with van der Waals surface area (Å²) in [5.74, 6) is -0.681. The number of carbonyl (C=O) groups excluding carboxylic acids is 1. The molecule has 0 saturated heterocycles. The van der Waals surface area contributed by atoms with E-state index in [2.05, 4.69) is 11.1 Å². The lowest BCUT2D eigenvalue weighted by Crippen LogP contribution is -2.37. The topological polar surface area (TPSA) is 112 Å². The fourth-order valence-corrected chi connectivity index (χ4v) is 4.95. The van der Waals surface area contributed by atoms with Gasteiger partial charge in [-0.05, 0) is 66.9 Å². The second kappa shape index (κ2) is 11.2. The number of furan rings is 1. The lowest BCUT2D eigenvalue weighted by molar-refractivity contribution is -0.123. The first kappa shape index (κ1) is 25.0. The van der Waals surface area contributed by atoms with Crippen LogP contribution in [0.4, 0.5) is 5.69 Å². The maximum absolute atomic E-state index is 13.8. The fraction of sp³-hybridized carbons (Fsp3) is 0.267. The van der Waals surface area contributed by atoms with Gasteiger partial charge >= 0.3 is 5.97 Å². The third-order valence-corrected chi connectivity index (χ3v) is 7.06. The molecule has 4 aromatic rings. The Kier molecular flexibility index (Phi) is 7.36. The van der Waals surface area contributed by atoms with Crippen LogP contribution in [0, 0.1) is 17.2 Å². The number of benzene rings is 2. The maximum atomic E-state index is 13.8. The van der Waals surface area contributed by atoms with E-state index in [1.807, 2.05) is 45.9 Å². The summed E-state index contributed by atoms with van der Waals surface area (Å²) in [5.41, 5.74) is 4.05. The number of amides is 1. The van der Waals surface area contributed by atoms with Crippen molar-refractivity contribution in [3.63, 3.8) is 0 Å². The molecule has 0 unspecified atom stereocenters. The van der Waals surface area contributed by atoms with Crippen molar-refractivity contribution in [3.05, 3.63) is 95.8 Å². The third-order valence-electron chi connectivity index (χ3n) is 7.06. The minimum absolute atomic E-state index is 0.0125. The van der Waals surface area contributed by atoms with Crippen molar-refractivity contribution in [1.82, 2.24) is 9.55 Å². The molecule has 1 aliphatic carbocycles. The molecule has 1 fully saturated rings. The van der Waals surface area contributed by atoms with E-state index in [0.717, 1.165) is 54.6 Å². The SMILES string of the molecule is N#Cc1ccc(Cn2cncc2CN(C(=O)C2CCCCC2)c2ccc(-c3ccc(C(=O)O)o3)cc2)cc1. The van der Waals surface area contributed by atoms with Gasteiger partial charge in [-0.2, -0.15) is 5.26 Å². The molecule has 1 N–H and O–H groups in total. The summed E-state index contributed by atoms with van der Waals surface area (Å²) in [6.07, 6.45) is 8.61. The molecule has 0 radical (unpaired) electrons. The molecule has 0 bridgehead atoms. The average molecular weight is 509 g/mol. The molecule has 2 aromatic carbocycles. The van der Waals surface area contributed by atoms with E-state index in [0.29, 0.717) is 24.4 Å². The monoisotopic (exact) mass is 508 g/mol. The number of anilines is 1. The number of carboxylic acid groups (broad SMARTS) is 1. The first-order valence-corrected chi connectivity index (χ1v) is 12.7. The summed E-state index contributed by atoms with van der Waals surface area (Å²) in [6, 6.07) is 20.1. The zero-order valence-electron chi connectivity index (χ0n) is 20.9. The first-order valence-electron chi connectivity index (χ1n) is 12.7. The molecule has 8 heteroatoms. The van der Waals surface area contributed by atoms with Gasteiger partial charge in [-0.1, -0.05) is 31.4 Å². The van der Waals surface area contributed by atoms with Gasteiger partial charge in [-0.25, -0.2) is 9.78 Å². The largest absolute Gasteiger partial charge is 0.475 e. The minimum atomic E-state index is -1.12. The minimum Gasteiger partial charge on any atom is -0.475 e. The zero-order valence-corrected chi connectivity index (χ0v) is 20.9. The predicted octanol–water partition coefficient (Wildman–Crippen LogP) is 5.87. The molecule has 1 amide bonds. The Bertz CT molecular complexity index is 1460. The van der Waals surface area contributed by atoms with Crippen molar-refractivity contribution in [2.75, 3.05) is 4.90 Å². The van der Waals surface area contributed by atoms with Crippen LogP contribution in [0.3, 0.4) is 0 Å². The van der Waals surface area contributed by atoms with Crippen LogP contribution in [-0.2, 0) is 17.9 Å². The number of hydrogen-bond acceptors (Lipinski definition) is 5. The van der Waals surface area contributed by atoms with Gasteiger partial charge in [0, 0.05) is 29.9 Å². The molecule has 2 heterocycles. The standard InChI is InChI=1S/C30H28N4O4/c31-16-21-6-8-22(9-7-21)18-33-20-32-17-26(33)19-34(29(35)24-4-2-1-3-5-24)25-12-10-23(11-13-25)27-14-15-28(38-27)30(36)37/h6-15,17,20,24H,1-5,18-19H2,(H,36,37). The summed E-state index contributed by atoms with van der Waals surface area (Å²) in [5, 5.41) is 18.2. The van der Waals surface area contributed by atoms with E-state index < -0.39 is 5.97 Å². The molecule has 1 aliphatic rings. The van der Waals surface area contributed by atoms with E-state index >= 15 is 0 Å². The molecule has 38 heavy (non-hydrogen) atoms. The summed E-state index contributed by atoms with van der Waals surface area (Å²) in [6.45, 7) is 0.949. The van der Waals surface area contributed by atoms with Crippen LogP contribution in [0.25, 0.3) is 11.3 Å². The number of rotatable bonds is 8. The molecule has 2 aromatic heterocycles. The highest BCUT2D eigenvalue weighted by Gasteiger charge is 2.28. The lowest BCUT2D eigenvalue weighted by Gasteiger charge is -2.30. The number of imidazole rings is 1. The number of carbonyl (C=O) groups is 2. The Labute approximate surface area is 220 Å². The molecule has 0 aliphatic heterocycles. The van der Waals surface area contributed by atoms with Crippen molar-refractivity contribution in [2.24, 2.45) is 5.92 Å². The quantitative estimate of drug-likeness (QED) is 0.318. The van der Waals surface area contributed by atoms with Crippen LogP contribution in [0.15, 0.2) is 77.6 Å². The van der Waals surface area contributed by atoms with Crippen LogP contribution < -0.4 is 4.90 Å². The normalized spacial score (nSPS) is 13.7. The van der Waals surface area contributed by atoms with E-state index in [9.17, 15) is 9.59 Å². The average Bonchev–Trinajstić information content (AvgIpc) is 3.63. The second-order valence-corrected chi connectivity index (χ2v) is 9.60. The summed E-state index contributed by atoms with van der Waals surface area (Å²) in [7, 11) is 0. The fourth-order valence-electron chi connectivity index (χ4n) is 4.95. The maximum Gasteiger partial charge on any atom is 0.371 e. The van der Waals surface area contributed by atoms with Crippen LogP contribution in [0.5, 0.6) is 0 Å². The van der Waals surface area contributed by atoms with Gasteiger partial charge in [0.1, 0.15) is 5.76 Å². The number of carboxylic acids is 1. The Hall–Kier alpha value is -4.64. The Morgan fingerprint density at radius 3 is 2.42 bits per heavy atom. The van der Waals surface area contributed by atoms with Crippen molar-refractivity contribution < 1.29 is 19.1 Å². The van der Waals surface area contributed by atoms with E-state index in [1.54, 1.807) is 30.7 Å². The molecule has 1 saturated carbocycles. The highest BCUT2D eigenvalue weighted by Crippen LogP contribution is 2.31. The molecule has 192 valence electrons.